The van der Waals surface area contributed by atoms with Crippen LogP contribution in [0.1, 0.15) is 0 Å². The summed E-state index contributed by atoms with van der Waals surface area (Å²) < 4.78 is 7.43. The van der Waals surface area contributed by atoms with E-state index in [1.165, 1.54) is 0 Å². The summed E-state index contributed by atoms with van der Waals surface area (Å²) >= 11 is 0. The van der Waals surface area contributed by atoms with Crippen molar-refractivity contribution >= 4 is 17.0 Å². The zero-order valence-electron chi connectivity index (χ0n) is 11.8. The maximum atomic E-state index is 5.40. The number of rotatable bonds is 2. The minimum Gasteiger partial charge on any atom is -0.378 e. The van der Waals surface area contributed by atoms with Crippen LogP contribution in [0.15, 0.2) is 24.5 Å². The Kier molecular flexibility index (Phi) is 2.85. The molecule has 0 aromatic carbocycles. The van der Waals surface area contributed by atoms with E-state index in [2.05, 4.69) is 20.1 Å². The van der Waals surface area contributed by atoms with Gasteiger partial charge in [0.15, 0.2) is 17.0 Å². The molecule has 0 spiro atoms. The number of aromatic amines is 1. The van der Waals surface area contributed by atoms with Crippen molar-refractivity contribution in [2.75, 3.05) is 31.2 Å². The van der Waals surface area contributed by atoms with Gasteiger partial charge in [0.25, 0.3) is 0 Å². The summed E-state index contributed by atoms with van der Waals surface area (Å²) in [6, 6.07) is 3.92. The van der Waals surface area contributed by atoms with Crippen molar-refractivity contribution in [3.05, 3.63) is 24.5 Å². The lowest BCUT2D eigenvalue weighted by atomic mass is 10.2. The fourth-order valence-electron chi connectivity index (χ4n) is 2.70. The molecule has 0 radical (unpaired) electrons. The largest absolute Gasteiger partial charge is 0.378 e. The van der Waals surface area contributed by atoms with Gasteiger partial charge in [-0.3, -0.25) is 10.1 Å². The van der Waals surface area contributed by atoms with Gasteiger partial charge in [-0.15, -0.1) is 0 Å². The molecule has 1 aliphatic rings. The molecule has 3 aromatic rings. The third kappa shape index (κ3) is 1.97. The molecular weight excluding hydrogens is 268 g/mol. The fraction of sp³-hybridized carbons (Fsp3) is 0.357. The summed E-state index contributed by atoms with van der Waals surface area (Å²) in [6.45, 7) is 3.17. The Morgan fingerprint density at radius 3 is 2.71 bits per heavy atom. The highest BCUT2D eigenvalue weighted by Gasteiger charge is 2.21. The topological polar surface area (TPSA) is 71.9 Å². The number of imidazole rings is 1. The second-order valence-electron chi connectivity index (χ2n) is 5.07. The van der Waals surface area contributed by atoms with Crippen molar-refractivity contribution in [3.63, 3.8) is 0 Å². The molecule has 4 rings (SSSR count). The molecule has 1 N–H and O–H groups in total. The quantitative estimate of drug-likeness (QED) is 0.765. The molecule has 1 aliphatic heterocycles. The fourth-order valence-corrected chi connectivity index (χ4v) is 2.70. The minimum atomic E-state index is 0.735. The van der Waals surface area contributed by atoms with Gasteiger partial charge >= 0.3 is 0 Å². The average molecular weight is 284 g/mol. The number of anilines is 1. The number of pyridine rings is 1. The van der Waals surface area contributed by atoms with Gasteiger partial charge in [-0.05, 0) is 12.1 Å². The van der Waals surface area contributed by atoms with Gasteiger partial charge in [0.05, 0.1) is 13.2 Å². The molecule has 1 saturated heterocycles. The lowest BCUT2D eigenvalue weighted by molar-refractivity contribution is 0.122. The molecule has 0 unspecified atom stereocenters. The van der Waals surface area contributed by atoms with Crippen molar-refractivity contribution in [3.8, 4) is 11.4 Å². The summed E-state index contributed by atoms with van der Waals surface area (Å²) in [6.07, 6.45) is 3.55. The van der Waals surface area contributed by atoms with E-state index in [4.69, 9.17) is 9.72 Å². The smallest absolute Gasteiger partial charge is 0.178 e. The molecule has 0 atom stereocenters. The van der Waals surface area contributed by atoms with Crippen LogP contribution < -0.4 is 4.90 Å². The number of ether oxygens (including phenoxy) is 1. The van der Waals surface area contributed by atoms with Crippen LogP contribution in [0.4, 0.5) is 5.82 Å². The minimum absolute atomic E-state index is 0.735. The third-order valence-electron chi connectivity index (χ3n) is 3.82. The molecule has 0 aliphatic carbocycles. The zero-order chi connectivity index (χ0) is 14.2. The van der Waals surface area contributed by atoms with Crippen molar-refractivity contribution in [1.29, 1.82) is 0 Å². The van der Waals surface area contributed by atoms with Crippen molar-refractivity contribution < 1.29 is 4.74 Å². The SMILES string of the molecule is Cn1c(-c2ccncc2)nc2c(N3CCOCC3)n[nH]c21. The van der Waals surface area contributed by atoms with Gasteiger partial charge in [0.1, 0.15) is 5.82 Å². The van der Waals surface area contributed by atoms with Crippen LogP contribution >= 0.6 is 0 Å². The lowest BCUT2D eigenvalue weighted by Crippen LogP contribution is -2.36. The first-order valence-electron chi connectivity index (χ1n) is 6.98. The van der Waals surface area contributed by atoms with E-state index < -0.39 is 0 Å². The molecule has 7 heteroatoms. The maximum absolute atomic E-state index is 5.40. The standard InChI is InChI=1S/C14H16N6O/c1-19-12(10-2-4-15-5-3-10)16-11-13(19)17-18-14(11)20-6-8-21-9-7-20/h2-5H,6-9H2,1H3,(H,17,18). The van der Waals surface area contributed by atoms with Gasteiger partial charge in [0, 0.05) is 38.1 Å². The molecule has 0 amide bonds. The lowest BCUT2D eigenvalue weighted by Gasteiger charge is -2.26. The maximum Gasteiger partial charge on any atom is 0.178 e. The van der Waals surface area contributed by atoms with Crippen molar-refractivity contribution in [2.24, 2.45) is 7.05 Å². The second kappa shape index (κ2) is 4.85. The number of fused-ring (bicyclic) bond motifs is 1. The van der Waals surface area contributed by atoms with E-state index in [1.54, 1.807) is 12.4 Å². The first-order valence-corrected chi connectivity index (χ1v) is 6.98. The zero-order valence-corrected chi connectivity index (χ0v) is 11.8. The van der Waals surface area contributed by atoms with Crippen LogP contribution in [0, 0.1) is 0 Å². The van der Waals surface area contributed by atoms with Gasteiger partial charge in [-0.1, -0.05) is 0 Å². The van der Waals surface area contributed by atoms with Crippen molar-refractivity contribution in [1.82, 2.24) is 24.7 Å². The summed E-state index contributed by atoms with van der Waals surface area (Å²) in [7, 11) is 1.99. The molecule has 21 heavy (non-hydrogen) atoms. The Bertz CT molecular complexity index is 756. The van der Waals surface area contributed by atoms with E-state index in [9.17, 15) is 0 Å². The third-order valence-corrected chi connectivity index (χ3v) is 3.82. The predicted molar refractivity (Wildman–Crippen MR) is 79.1 cm³/mol. The molecule has 7 nitrogen and oxygen atoms in total. The van der Waals surface area contributed by atoms with Crippen LogP contribution in [-0.2, 0) is 11.8 Å². The number of nitrogens with one attached hydrogen (secondary N) is 1. The molecule has 3 aromatic heterocycles. The van der Waals surface area contributed by atoms with E-state index in [0.29, 0.717) is 0 Å². The van der Waals surface area contributed by atoms with Gasteiger partial charge in [0.2, 0.25) is 0 Å². The first kappa shape index (κ1) is 12.3. The summed E-state index contributed by atoms with van der Waals surface area (Å²) in [4.78, 5) is 11.0. The van der Waals surface area contributed by atoms with Crippen LogP contribution in [-0.4, -0.2) is 51.0 Å². The summed E-state index contributed by atoms with van der Waals surface area (Å²) in [5, 5.41) is 7.52. The van der Waals surface area contributed by atoms with E-state index >= 15 is 0 Å². The predicted octanol–water partition coefficient (Wildman–Crippen LogP) is 1.19. The number of hydrogen-bond acceptors (Lipinski definition) is 5. The first-order chi connectivity index (χ1) is 10.3. The summed E-state index contributed by atoms with van der Waals surface area (Å²) in [5.74, 6) is 1.82. The van der Waals surface area contributed by atoms with Crippen molar-refractivity contribution in [2.45, 2.75) is 0 Å². The van der Waals surface area contributed by atoms with E-state index in [1.807, 2.05) is 23.7 Å². The number of morpholine rings is 1. The molecular formula is C14H16N6O. The number of nitrogens with zero attached hydrogens (tertiary/aromatic N) is 5. The molecule has 0 bridgehead atoms. The van der Waals surface area contributed by atoms with Crippen LogP contribution in [0.3, 0.4) is 0 Å². The Morgan fingerprint density at radius 2 is 1.95 bits per heavy atom. The number of aromatic nitrogens is 5. The molecule has 108 valence electrons. The van der Waals surface area contributed by atoms with E-state index in [-0.39, 0.29) is 0 Å². The monoisotopic (exact) mass is 284 g/mol. The highest BCUT2D eigenvalue weighted by Crippen LogP contribution is 2.28. The summed E-state index contributed by atoms with van der Waals surface area (Å²) in [5.41, 5.74) is 2.89. The van der Waals surface area contributed by atoms with Gasteiger partial charge < -0.3 is 14.2 Å². The Balaban J connectivity index is 1.81. The van der Waals surface area contributed by atoms with E-state index in [0.717, 1.165) is 54.7 Å². The van der Waals surface area contributed by atoms with Gasteiger partial charge in [-0.25, -0.2) is 4.98 Å². The normalized spacial score (nSPS) is 15.8. The van der Waals surface area contributed by atoms with Crippen LogP contribution in [0.5, 0.6) is 0 Å². The molecule has 4 heterocycles. The molecule has 1 fully saturated rings. The Morgan fingerprint density at radius 1 is 1.19 bits per heavy atom. The number of H-pyrrole nitrogens is 1. The van der Waals surface area contributed by atoms with Gasteiger partial charge in [-0.2, -0.15) is 5.10 Å². The van der Waals surface area contributed by atoms with Crippen LogP contribution in [0.25, 0.3) is 22.6 Å². The Hall–Kier alpha value is -2.41. The van der Waals surface area contributed by atoms with Crippen LogP contribution in [0.2, 0.25) is 0 Å². The Labute approximate surface area is 121 Å². The highest BCUT2D eigenvalue weighted by atomic mass is 16.5. The number of hydrogen-bond donors (Lipinski definition) is 1. The highest BCUT2D eigenvalue weighted by molar-refractivity contribution is 5.87. The second-order valence-corrected chi connectivity index (χ2v) is 5.07. The molecule has 0 saturated carbocycles. The average Bonchev–Trinajstić information content (AvgIpc) is 3.10. The number of aryl methyl sites for hydroxylation is 1.